The highest BCUT2D eigenvalue weighted by Crippen LogP contribution is 2.51. The number of carboxylic acid groups (broad SMARTS) is 1. The minimum Gasteiger partial charge on any atom is -0.481 e. The van der Waals surface area contributed by atoms with E-state index in [1.807, 2.05) is 17.0 Å². The second-order valence-electron chi connectivity index (χ2n) is 5.86. The van der Waals surface area contributed by atoms with Crippen LogP contribution in [-0.2, 0) is 27.8 Å². The van der Waals surface area contributed by atoms with Crippen molar-refractivity contribution in [3.8, 4) is 0 Å². The third kappa shape index (κ3) is 1.34. The number of hydrogen-bond acceptors (Lipinski definition) is 2. The Balaban J connectivity index is 1.88. The van der Waals surface area contributed by atoms with Crippen molar-refractivity contribution in [2.75, 3.05) is 11.4 Å². The molecule has 0 radical (unpaired) electrons. The van der Waals surface area contributed by atoms with E-state index in [0.717, 1.165) is 54.6 Å². The van der Waals surface area contributed by atoms with Gasteiger partial charge in [-0.1, -0.05) is 12.1 Å². The van der Waals surface area contributed by atoms with Crippen molar-refractivity contribution in [1.82, 2.24) is 0 Å². The first-order valence-electron chi connectivity index (χ1n) is 6.82. The maximum absolute atomic E-state index is 12.0. The van der Waals surface area contributed by atoms with Crippen LogP contribution in [-0.4, -0.2) is 23.5 Å². The van der Waals surface area contributed by atoms with Crippen molar-refractivity contribution < 1.29 is 14.7 Å². The molecule has 0 atom stereocenters. The van der Waals surface area contributed by atoms with Crippen molar-refractivity contribution in [3.63, 3.8) is 0 Å². The number of anilines is 1. The molecule has 2 heterocycles. The molecular weight excluding hydrogens is 242 g/mol. The van der Waals surface area contributed by atoms with Gasteiger partial charge in [-0.05, 0) is 42.4 Å². The molecule has 0 unspecified atom stereocenters. The van der Waals surface area contributed by atoms with Gasteiger partial charge in [0.25, 0.3) is 0 Å². The second kappa shape index (κ2) is 3.38. The van der Waals surface area contributed by atoms with Crippen LogP contribution >= 0.6 is 0 Å². The normalized spacial score (nSPS) is 22.3. The summed E-state index contributed by atoms with van der Waals surface area (Å²) in [5.41, 5.74) is 3.51. The lowest BCUT2D eigenvalue weighted by atomic mass is 9.89. The summed E-state index contributed by atoms with van der Waals surface area (Å²) in [5.74, 6) is -0.565. The summed E-state index contributed by atoms with van der Waals surface area (Å²) in [6, 6.07) is 3.99. The molecule has 98 valence electrons. The molecule has 0 spiro atoms. The zero-order valence-corrected chi connectivity index (χ0v) is 10.6. The van der Waals surface area contributed by atoms with Gasteiger partial charge in [-0.25, -0.2) is 0 Å². The third-order valence-electron chi connectivity index (χ3n) is 4.72. The number of aryl methyl sites for hydroxylation is 1. The molecule has 1 saturated carbocycles. The molecule has 1 fully saturated rings. The maximum Gasteiger partial charge on any atom is 0.314 e. The van der Waals surface area contributed by atoms with Crippen LogP contribution in [0.15, 0.2) is 12.1 Å². The molecule has 19 heavy (non-hydrogen) atoms. The SMILES string of the molecule is O=C1Cc2cc(C3(C(=O)O)CC3)cc3c2N1CCC3. The van der Waals surface area contributed by atoms with Gasteiger partial charge in [0, 0.05) is 6.54 Å². The van der Waals surface area contributed by atoms with E-state index in [4.69, 9.17) is 0 Å². The number of hydrogen-bond donors (Lipinski definition) is 1. The van der Waals surface area contributed by atoms with Crippen LogP contribution in [0.5, 0.6) is 0 Å². The predicted octanol–water partition coefficient (Wildman–Crippen LogP) is 1.64. The highest BCUT2D eigenvalue weighted by atomic mass is 16.4. The Kier molecular flexibility index (Phi) is 1.96. The van der Waals surface area contributed by atoms with Gasteiger partial charge in [-0.2, -0.15) is 0 Å². The molecule has 4 nitrogen and oxygen atoms in total. The predicted molar refractivity (Wildman–Crippen MR) is 69.4 cm³/mol. The molecule has 1 aromatic carbocycles. The van der Waals surface area contributed by atoms with E-state index in [1.54, 1.807) is 0 Å². The van der Waals surface area contributed by atoms with E-state index in [2.05, 4.69) is 0 Å². The average molecular weight is 257 g/mol. The molecule has 1 aliphatic carbocycles. The van der Waals surface area contributed by atoms with Crippen LogP contribution in [0, 0.1) is 0 Å². The summed E-state index contributed by atoms with van der Waals surface area (Å²) >= 11 is 0. The summed E-state index contributed by atoms with van der Waals surface area (Å²) in [6.45, 7) is 0.808. The molecule has 3 aliphatic rings. The molecule has 0 aromatic heterocycles. The van der Waals surface area contributed by atoms with Crippen molar-refractivity contribution in [2.45, 2.75) is 37.5 Å². The lowest BCUT2D eigenvalue weighted by Gasteiger charge is -2.26. The molecular formula is C15H15NO3. The summed E-state index contributed by atoms with van der Waals surface area (Å²) in [6.07, 6.45) is 3.81. The Hall–Kier alpha value is -1.84. The summed E-state index contributed by atoms with van der Waals surface area (Å²) in [4.78, 5) is 25.3. The van der Waals surface area contributed by atoms with E-state index >= 15 is 0 Å². The summed E-state index contributed by atoms with van der Waals surface area (Å²) in [7, 11) is 0. The maximum atomic E-state index is 12.0. The quantitative estimate of drug-likeness (QED) is 0.876. The largest absolute Gasteiger partial charge is 0.481 e. The van der Waals surface area contributed by atoms with E-state index in [-0.39, 0.29) is 5.91 Å². The molecule has 0 bridgehead atoms. The number of benzene rings is 1. The van der Waals surface area contributed by atoms with Gasteiger partial charge in [-0.3, -0.25) is 9.59 Å². The average Bonchev–Trinajstić information content (AvgIpc) is 3.13. The number of amides is 1. The Labute approximate surface area is 111 Å². The number of carboxylic acids is 1. The van der Waals surface area contributed by atoms with Gasteiger partial charge in [0.15, 0.2) is 0 Å². The minimum atomic E-state index is -0.725. The molecule has 2 aliphatic heterocycles. The minimum absolute atomic E-state index is 0.160. The molecule has 1 N–H and O–H groups in total. The second-order valence-corrected chi connectivity index (χ2v) is 5.86. The lowest BCUT2D eigenvalue weighted by Crippen LogP contribution is -2.31. The first-order chi connectivity index (χ1) is 9.12. The van der Waals surface area contributed by atoms with Gasteiger partial charge in [-0.15, -0.1) is 0 Å². The molecule has 1 aromatic rings. The van der Waals surface area contributed by atoms with E-state index in [9.17, 15) is 14.7 Å². The van der Waals surface area contributed by atoms with Gasteiger partial charge in [0.1, 0.15) is 0 Å². The lowest BCUT2D eigenvalue weighted by molar-refractivity contribution is -0.140. The number of aliphatic carboxylic acids is 1. The van der Waals surface area contributed by atoms with E-state index in [0.29, 0.717) is 6.42 Å². The number of carbonyl (C=O) groups is 2. The topological polar surface area (TPSA) is 57.6 Å². The molecule has 0 saturated heterocycles. The first kappa shape index (κ1) is 11.0. The molecule has 4 heteroatoms. The Morgan fingerprint density at radius 3 is 2.68 bits per heavy atom. The number of rotatable bonds is 2. The zero-order chi connectivity index (χ0) is 13.2. The van der Waals surface area contributed by atoms with Gasteiger partial charge in [0.2, 0.25) is 5.91 Å². The van der Waals surface area contributed by atoms with Crippen LogP contribution in [0.3, 0.4) is 0 Å². The fraction of sp³-hybridized carbons (Fsp3) is 0.467. The van der Waals surface area contributed by atoms with Crippen molar-refractivity contribution >= 4 is 17.6 Å². The van der Waals surface area contributed by atoms with Gasteiger partial charge in [0.05, 0.1) is 17.5 Å². The fourth-order valence-electron chi connectivity index (χ4n) is 3.51. The van der Waals surface area contributed by atoms with Crippen LogP contribution in [0.25, 0.3) is 0 Å². The van der Waals surface area contributed by atoms with Gasteiger partial charge >= 0.3 is 5.97 Å². The Morgan fingerprint density at radius 1 is 1.26 bits per heavy atom. The monoisotopic (exact) mass is 257 g/mol. The molecule has 4 rings (SSSR count). The third-order valence-corrected chi connectivity index (χ3v) is 4.72. The zero-order valence-electron chi connectivity index (χ0n) is 10.6. The van der Waals surface area contributed by atoms with Crippen molar-refractivity contribution in [3.05, 3.63) is 28.8 Å². The number of carbonyl (C=O) groups excluding carboxylic acids is 1. The van der Waals surface area contributed by atoms with Crippen LogP contribution in [0.2, 0.25) is 0 Å². The van der Waals surface area contributed by atoms with Gasteiger partial charge < -0.3 is 10.0 Å². The van der Waals surface area contributed by atoms with E-state index < -0.39 is 11.4 Å². The van der Waals surface area contributed by atoms with Crippen molar-refractivity contribution in [1.29, 1.82) is 0 Å². The smallest absolute Gasteiger partial charge is 0.314 e. The van der Waals surface area contributed by atoms with Crippen LogP contribution < -0.4 is 4.90 Å². The number of nitrogens with zero attached hydrogens (tertiary/aromatic N) is 1. The molecule has 1 amide bonds. The van der Waals surface area contributed by atoms with Crippen molar-refractivity contribution in [2.24, 2.45) is 0 Å². The van der Waals surface area contributed by atoms with Crippen LogP contribution in [0.4, 0.5) is 5.69 Å². The standard InChI is InChI=1S/C15H15NO3/c17-12-8-10-7-11(15(3-4-15)14(18)19)6-9-2-1-5-16(12)13(9)10/h6-7H,1-5,8H2,(H,18,19). The fourth-order valence-corrected chi connectivity index (χ4v) is 3.51. The first-order valence-corrected chi connectivity index (χ1v) is 6.82. The highest BCUT2D eigenvalue weighted by Gasteiger charge is 2.52. The summed E-state index contributed by atoms with van der Waals surface area (Å²) in [5, 5.41) is 9.41. The summed E-state index contributed by atoms with van der Waals surface area (Å²) < 4.78 is 0. The van der Waals surface area contributed by atoms with Crippen LogP contribution in [0.1, 0.15) is 36.0 Å². The highest BCUT2D eigenvalue weighted by molar-refractivity contribution is 6.03. The van der Waals surface area contributed by atoms with E-state index in [1.165, 1.54) is 0 Å². The Morgan fingerprint density at radius 2 is 2.00 bits per heavy atom. The Bertz CT molecular complexity index is 616.